The van der Waals surface area contributed by atoms with Gasteiger partial charge < -0.3 is 10.4 Å². The quantitative estimate of drug-likeness (QED) is 0.713. The Hall–Kier alpha value is -2.57. The molecule has 0 saturated heterocycles. The number of aromatic amines is 1. The van der Waals surface area contributed by atoms with Crippen molar-refractivity contribution >= 4 is 11.7 Å². The van der Waals surface area contributed by atoms with E-state index in [4.69, 9.17) is 5.11 Å². The van der Waals surface area contributed by atoms with Crippen molar-refractivity contribution in [3.63, 3.8) is 0 Å². The first kappa shape index (κ1) is 10.9. The molecule has 0 unspecified atom stereocenters. The number of H-pyrrole nitrogens is 1. The number of carboxylic acid groups (broad SMARTS) is 1. The highest BCUT2D eigenvalue weighted by Gasteiger charge is 2.04. The van der Waals surface area contributed by atoms with Crippen LogP contribution in [-0.4, -0.2) is 27.8 Å². The first-order valence-electron chi connectivity index (χ1n) is 4.77. The van der Waals surface area contributed by atoms with Gasteiger partial charge in [0.15, 0.2) is 5.82 Å². The van der Waals surface area contributed by atoms with Crippen LogP contribution in [0.5, 0.6) is 0 Å². The van der Waals surface area contributed by atoms with Crippen LogP contribution in [0.3, 0.4) is 0 Å². The van der Waals surface area contributed by atoms with E-state index >= 15 is 0 Å². The molecule has 3 N–H and O–H groups in total. The predicted octanol–water partition coefficient (Wildman–Crippen LogP) is 0.526. The van der Waals surface area contributed by atoms with Crippen molar-refractivity contribution in [1.82, 2.24) is 10.1 Å². The fourth-order valence-electron chi connectivity index (χ4n) is 1.28. The van der Waals surface area contributed by atoms with E-state index < -0.39 is 11.7 Å². The number of anilines is 1. The van der Waals surface area contributed by atoms with E-state index in [0.717, 1.165) is 0 Å². The third-order valence-corrected chi connectivity index (χ3v) is 2.04. The highest BCUT2D eigenvalue weighted by molar-refractivity contribution is 5.73. The van der Waals surface area contributed by atoms with E-state index in [9.17, 15) is 9.59 Å². The van der Waals surface area contributed by atoms with Crippen molar-refractivity contribution in [1.29, 1.82) is 0 Å². The summed E-state index contributed by atoms with van der Waals surface area (Å²) in [5.74, 6) is -1.22. The monoisotopic (exact) mass is 235 g/mol. The molecule has 7 nitrogen and oxygen atoms in total. The van der Waals surface area contributed by atoms with Gasteiger partial charge in [0.1, 0.15) is 6.54 Å². The largest absolute Gasteiger partial charge is 0.480 e. The Morgan fingerprint density at radius 2 is 2.12 bits per heavy atom. The molecule has 17 heavy (non-hydrogen) atoms. The fraction of sp³-hybridized carbons (Fsp3) is 0.100. The van der Waals surface area contributed by atoms with Gasteiger partial charge in [-0.25, -0.2) is 4.79 Å². The number of carboxylic acids is 1. The standard InChI is InChI=1S/C10H9N3O4/c14-8(15)5-11-7-3-1-6(2-4-7)9-12-10(16)17-13-9/h1-4,11H,5H2,(H,14,15)(H,12,13,16). The van der Waals surface area contributed by atoms with E-state index in [2.05, 4.69) is 20.0 Å². The molecule has 0 aliphatic carbocycles. The molecule has 0 aliphatic heterocycles. The van der Waals surface area contributed by atoms with Gasteiger partial charge in [-0.05, 0) is 24.3 Å². The molecule has 1 aromatic carbocycles. The Morgan fingerprint density at radius 1 is 1.41 bits per heavy atom. The lowest BCUT2D eigenvalue weighted by Crippen LogP contribution is -2.12. The molecule has 7 heteroatoms. The molecular weight excluding hydrogens is 226 g/mol. The lowest BCUT2D eigenvalue weighted by Gasteiger charge is -2.03. The summed E-state index contributed by atoms with van der Waals surface area (Å²) >= 11 is 0. The minimum Gasteiger partial charge on any atom is -0.480 e. The van der Waals surface area contributed by atoms with Crippen molar-refractivity contribution in [3.8, 4) is 11.4 Å². The Labute approximate surface area is 95.1 Å². The molecule has 1 heterocycles. The number of hydrogen-bond acceptors (Lipinski definition) is 5. The van der Waals surface area contributed by atoms with Gasteiger partial charge in [0.2, 0.25) is 0 Å². The molecule has 2 rings (SSSR count). The highest BCUT2D eigenvalue weighted by Crippen LogP contribution is 2.16. The molecule has 0 aliphatic rings. The van der Waals surface area contributed by atoms with Crippen molar-refractivity contribution in [3.05, 3.63) is 34.8 Å². The molecule has 2 aromatic rings. The van der Waals surface area contributed by atoms with Crippen LogP contribution in [0, 0.1) is 0 Å². The summed E-state index contributed by atoms with van der Waals surface area (Å²) in [5.41, 5.74) is 1.35. The van der Waals surface area contributed by atoms with E-state index in [1.54, 1.807) is 24.3 Å². The number of carbonyl (C=O) groups is 1. The van der Waals surface area contributed by atoms with E-state index in [1.165, 1.54) is 0 Å². The molecule has 0 radical (unpaired) electrons. The number of hydrogen-bond donors (Lipinski definition) is 3. The minimum atomic E-state index is -0.935. The van der Waals surface area contributed by atoms with Crippen LogP contribution in [0.4, 0.5) is 5.69 Å². The smallest absolute Gasteiger partial charge is 0.439 e. The summed E-state index contributed by atoms with van der Waals surface area (Å²) in [6, 6.07) is 6.76. The van der Waals surface area contributed by atoms with Gasteiger partial charge in [0, 0.05) is 11.3 Å². The maximum Gasteiger partial charge on any atom is 0.439 e. The van der Waals surface area contributed by atoms with Crippen molar-refractivity contribution in [2.45, 2.75) is 0 Å². The summed E-state index contributed by atoms with van der Waals surface area (Å²) in [5, 5.41) is 14.7. The maximum atomic E-state index is 10.7. The van der Waals surface area contributed by atoms with Gasteiger partial charge in [0.25, 0.3) is 0 Å². The second-order valence-corrected chi connectivity index (χ2v) is 3.27. The summed E-state index contributed by atoms with van der Waals surface area (Å²) in [7, 11) is 0. The lowest BCUT2D eigenvalue weighted by atomic mass is 10.2. The third kappa shape index (κ3) is 2.71. The molecule has 0 fully saturated rings. The molecule has 88 valence electrons. The number of nitrogens with one attached hydrogen (secondary N) is 2. The lowest BCUT2D eigenvalue weighted by molar-refractivity contribution is -0.134. The Morgan fingerprint density at radius 3 is 2.65 bits per heavy atom. The normalized spacial score (nSPS) is 10.1. The second-order valence-electron chi connectivity index (χ2n) is 3.27. The first-order valence-corrected chi connectivity index (χ1v) is 4.77. The topological polar surface area (TPSA) is 108 Å². The zero-order valence-electron chi connectivity index (χ0n) is 8.64. The van der Waals surface area contributed by atoms with Crippen LogP contribution in [0.1, 0.15) is 0 Å². The average Bonchev–Trinajstić information content (AvgIpc) is 2.74. The van der Waals surface area contributed by atoms with Gasteiger partial charge in [-0.2, -0.15) is 0 Å². The summed E-state index contributed by atoms with van der Waals surface area (Å²) in [6.45, 7) is -0.153. The number of rotatable bonds is 4. The Kier molecular flexibility index (Phi) is 2.91. The third-order valence-electron chi connectivity index (χ3n) is 2.04. The summed E-state index contributed by atoms with van der Waals surface area (Å²) < 4.78 is 4.37. The SMILES string of the molecule is O=C(O)CNc1ccc(-c2noc(=O)[nH]2)cc1. The minimum absolute atomic E-state index is 0.153. The predicted molar refractivity (Wildman–Crippen MR) is 58.7 cm³/mol. The van der Waals surface area contributed by atoms with Crippen LogP contribution in [-0.2, 0) is 4.79 Å². The average molecular weight is 235 g/mol. The molecular formula is C10H9N3O4. The van der Waals surface area contributed by atoms with Crippen molar-refractivity contribution in [2.75, 3.05) is 11.9 Å². The van der Waals surface area contributed by atoms with Gasteiger partial charge in [-0.1, -0.05) is 5.16 Å². The van der Waals surface area contributed by atoms with Crippen LogP contribution in [0.15, 0.2) is 33.6 Å². The number of aromatic nitrogens is 2. The van der Waals surface area contributed by atoms with E-state index in [1.807, 2.05) is 0 Å². The van der Waals surface area contributed by atoms with Crippen molar-refractivity contribution < 1.29 is 14.4 Å². The maximum absolute atomic E-state index is 10.7. The zero-order chi connectivity index (χ0) is 12.3. The van der Waals surface area contributed by atoms with Gasteiger partial charge >= 0.3 is 11.7 Å². The Bertz CT molecular complexity index is 570. The first-order chi connectivity index (χ1) is 8.15. The fourth-order valence-corrected chi connectivity index (χ4v) is 1.28. The molecule has 0 amide bonds. The van der Waals surface area contributed by atoms with Crippen LogP contribution in [0.2, 0.25) is 0 Å². The summed E-state index contributed by atoms with van der Waals surface area (Å²) in [6.07, 6.45) is 0. The molecule has 0 atom stereocenters. The second kappa shape index (κ2) is 4.52. The summed E-state index contributed by atoms with van der Waals surface area (Å²) in [4.78, 5) is 23.5. The van der Waals surface area contributed by atoms with E-state index in [-0.39, 0.29) is 6.54 Å². The number of benzene rings is 1. The van der Waals surface area contributed by atoms with Crippen LogP contribution >= 0.6 is 0 Å². The number of nitrogens with zero attached hydrogens (tertiary/aromatic N) is 1. The van der Waals surface area contributed by atoms with Gasteiger partial charge in [-0.3, -0.25) is 14.3 Å². The molecule has 0 bridgehead atoms. The Balaban J connectivity index is 2.13. The van der Waals surface area contributed by atoms with Crippen LogP contribution < -0.4 is 11.1 Å². The molecule has 1 aromatic heterocycles. The zero-order valence-corrected chi connectivity index (χ0v) is 8.64. The van der Waals surface area contributed by atoms with Crippen molar-refractivity contribution in [2.24, 2.45) is 0 Å². The molecule has 0 saturated carbocycles. The highest BCUT2D eigenvalue weighted by atomic mass is 16.5. The van der Waals surface area contributed by atoms with E-state index in [0.29, 0.717) is 17.1 Å². The van der Waals surface area contributed by atoms with Gasteiger partial charge in [-0.15, -0.1) is 0 Å². The van der Waals surface area contributed by atoms with Crippen LogP contribution in [0.25, 0.3) is 11.4 Å². The molecule has 0 spiro atoms. The van der Waals surface area contributed by atoms with Gasteiger partial charge in [0.05, 0.1) is 0 Å². The number of aliphatic carboxylic acids is 1.